The Kier molecular flexibility index (Phi) is 4.46. The van der Waals surface area contributed by atoms with Gasteiger partial charge in [-0.2, -0.15) is 0 Å². The van der Waals surface area contributed by atoms with E-state index in [-0.39, 0.29) is 0 Å². The van der Waals surface area contributed by atoms with Crippen LogP contribution < -0.4 is 10.5 Å². The van der Waals surface area contributed by atoms with Crippen molar-refractivity contribution in [1.82, 2.24) is 0 Å². The normalized spacial score (nSPS) is 10.8. The molecule has 2 N–H and O–H groups in total. The van der Waals surface area contributed by atoms with Gasteiger partial charge in [0.2, 0.25) is 0 Å². The molecule has 0 aliphatic carbocycles. The van der Waals surface area contributed by atoms with Gasteiger partial charge in [0.1, 0.15) is 11.5 Å². The van der Waals surface area contributed by atoms with Crippen LogP contribution in [-0.2, 0) is 6.54 Å². The van der Waals surface area contributed by atoms with Crippen molar-refractivity contribution in [2.75, 3.05) is 0 Å². The predicted molar refractivity (Wildman–Crippen MR) is 79.9 cm³/mol. The fourth-order valence-electron chi connectivity index (χ4n) is 1.87. The van der Waals surface area contributed by atoms with E-state index < -0.39 is 0 Å². The van der Waals surface area contributed by atoms with Gasteiger partial charge in [0, 0.05) is 17.1 Å². The summed E-state index contributed by atoms with van der Waals surface area (Å²) in [6.07, 6.45) is 0. The maximum absolute atomic E-state index is 5.95. The molecule has 3 heteroatoms. The Labute approximate surface area is 119 Å². The summed E-state index contributed by atoms with van der Waals surface area (Å²) in [4.78, 5) is 0. The van der Waals surface area contributed by atoms with Crippen molar-refractivity contribution < 1.29 is 4.74 Å². The van der Waals surface area contributed by atoms with E-state index in [0.717, 1.165) is 17.1 Å². The molecular weight excluding hydrogens is 258 g/mol. The first-order chi connectivity index (χ1) is 9.10. The molecule has 100 valence electrons. The summed E-state index contributed by atoms with van der Waals surface area (Å²) >= 11 is 5.95. The van der Waals surface area contributed by atoms with Crippen molar-refractivity contribution in [3.8, 4) is 11.5 Å². The van der Waals surface area contributed by atoms with Gasteiger partial charge in [-0.3, -0.25) is 0 Å². The van der Waals surface area contributed by atoms with Gasteiger partial charge >= 0.3 is 0 Å². The lowest BCUT2D eigenvalue weighted by Crippen LogP contribution is -1.99. The average molecular weight is 276 g/mol. The van der Waals surface area contributed by atoms with Crippen LogP contribution >= 0.6 is 11.6 Å². The fourth-order valence-corrected chi connectivity index (χ4v) is 2.07. The van der Waals surface area contributed by atoms with Gasteiger partial charge in [-0.15, -0.1) is 0 Å². The SMILES string of the molecule is CC(C)c1cccc(Oc2ccc(Cl)cc2CN)c1. The zero-order valence-corrected chi connectivity index (χ0v) is 11.9. The van der Waals surface area contributed by atoms with Gasteiger partial charge in [0.05, 0.1) is 0 Å². The molecule has 2 rings (SSSR count). The molecule has 0 atom stereocenters. The van der Waals surface area contributed by atoms with E-state index in [4.69, 9.17) is 22.1 Å². The van der Waals surface area contributed by atoms with Crippen molar-refractivity contribution in [2.45, 2.75) is 26.3 Å². The second kappa shape index (κ2) is 6.09. The van der Waals surface area contributed by atoms with E-state index in [1.807, 2.05) is 30.3 Å². The molecule has 0 aliphatic heterocycles. The first kappa shape index (κ1) is 13.9. The molecule has 0 spiro atoms. The van der Waals surface area contributed by atoms with Gasteiger partial charge in [-0.1, -0.05) is 37.6 Å². The van der Waals surface area contributed by atoms with Gasteiger partial charge in [0.25, 0.3) is 0 Å². The van der Waals surface area contributed by atoms with Crippen LogP contribution in [0, 0.1) is 0 Å². The number of ether oxygens (including phenoxy) is 1. The maximum Gasteiger partial charge on any atom is 0.132 e. The predicted octanol–water partition coefficient (Wildman–Crippen LogP) is 4.71. The number of benzene rings is 2. The van der Waals surface area contributed by atoms with Crippen LogP contribution in [0.3, 0.4) is 0 Å². The van der Waals surface area contributed by atoms with Crippen LogP contribution in [-0.4, -0.2) is 0 Å². The topological polar surface area (TPSA) is 35.2 Å². The minimum absolute atomic E-state index is 0.403. The van der Waals surface area contributed by atoms with E-state index in [1.165, 1.54) is 5.56 Å². The van der Waals surface area contributed by atoms with E-state index in [0.29, 0.717) is 17.5 Å². The van der Waals surface area contributed by atoms with Gasteiger partial charge < -0.3 is 10.5 Å². The first-order valence-corrected chi connectivity index (χ1v) is 6.74. The van der Waals surface area contributed by atoms with Crippen LogP contribution in [0.4, 0.5) is 0 Å². The molecule has 0 aromatic heterocycles. The van der Waals surface area contributed by atoms with Crippen LogP contribution in [0.1, 0.15) is 30.9 Å². The molecule has 0 fully saturated rings. The van der Waals surface area contributed by atoms with Crippen LogP contribution in [0.25, 0.3) is 0 Å². The minimum atomic E-state index is 0.403. The largest absolute Gasteiger partial charge is 0.457 e. The lowest BCUT2D eigenvalue weighted by molar-refractivity contribution is 0.475. The Balaban J connectivity index is 2.28. The average Bonchev–Trinajstić information content (AvgIpc) is 2.41. The summed E-state index contributed by atoms with van der Waals surface area (Å²) in [5.41, 5.74) is 7.87. The van der Waals surface area contributed by atoms with E-state index in [1.54, 1.807) is 0 Å². The van der Waals surface area contributed by atoms with E-state index >= 15 is 0 Å². The van der Waals surface area contributed by atoms with Crippen molar-refractivity contribution in [1.29, 1.82) is 0 Å². The third kappa shape index (κ3) is 3.49. The summed E-state index contributed by atoms with van der Waals surface area (Å²) in [6, 6.07) is 13.6. The van der Waals surface area contributed by atoms with Crippen molar-refractivity contribution in [2.24, 2.45) is 5.73 Å². The molecule has 0 aliphatic rings. The molecule has 2 nitrogen and oxygen atoms in total. The summed E-state index contributed by atoms with van der Waals surface area (Å²) in [6.45, 7) is 4.72. The molecule has 2 aromatic rings. The summed E-state index contributed by atoms with van der Waals surface area (Å²) in [5, 5.41) is 0.670. The molecule has 2 aromatic carbocycles. The van der Waals surface area contributed by atoms with E-state index in [9.17, 15) is 0 Å². The van der Waals surface area contributed by atoms with Crippen LogP contribution in [0.5, 0.6) is 11.5 Å². The van der Waals surface area contributed by atoms with Crippen molar-refractivity contribution in [3.05, 3.63) is 58.6 Å². The molecule has 0 bridgehead atoms. The number of hydrogen-bond donors (Lipinski definition) is 1. The number of rotatable bonds is 4. The Morgan fingerprint density at radius 3 is 2.63 bits per heavy atom. The zero-order valence-electron chi connectivity index (χ0n) is 11.2. The van der Waals surface area contributed by atoms with Gasteiger partial charge in [-0.25, -0.2) is 0 Å². The highest BCUT2D eigenvalue weighted by Crippen LogP contribution is 2.29. The Morgan fingerprint density at radius 1 is 1.16 bits per heavy atom. The molecule has 0 radical (unpaired) electrons. The van der Waals surface area contributed by atoms with Crippen LogP contribution in [0.2, 0.25) is 5.02 Å². The molecule has 0 unspecified atom stereocenters. The fraction of sp³-hybridized carbons (Fsp3) is 0.250. The molecule has 19 heavy (non-hydrogen) atoms. The van der Waals surface area contributed by atoms with E-state index in [2.05, 4.69) is 26.0 Å². The highest BCUT2D eigenvalue weighted by atomic mass is 35.5. The third-order valence-corrected chi connectivity index (χ3v) is 3.23. The lowest BCUT2D eigenvalue weighted by atomic mass is 10.0. The zero-order chi connectivity index (χ0) is 13.8. The molecule has 0 saturated heterocycles. The molecule has 0 amide bonds. The second-order valence-corrected chi connectivity index (χ2v) is 5.22. The molecular formula is C16H18ClNO. The Morgan fingerprint density at radius 2 is 1.95 bits per heavy atom. The van der Waals surface area contributed by atoms with Crippen molar-refractivity contribution in [3.63, 3.8) is 0 Å². The first-order valence-electron chi connectivity index (χ1n) is 6.36. The smallest absolute Gasteiger partial charge is 0.132 e. The Bertz CT molecular complexity index is 566. The number of hydrogen-bond acceptors (Lipinski definition) is 2. The highest BCUT2D eigenvalue weighted by Gasteiger charge is 2.06. The standard InChI is InChI=1S/C16H18ClNO/c1-11(2)12-4-3-5-15(9-12)19-16-7-6-14(17)8-13(16)10-18/h3-9,11H,10,18H2,1-2H3. The van der Waals surface area contributed by atoms with Gasteiger partial charge in [0.15, 0.2) is 0 Å². The summed E-state index contributed by atoms with van der Waals surface area (Å²) in [5.74, 6) is 2.05. The minimum Gasteiger partial charge on any atom is -0.457 e. The Hall–Kier alpha value is -1.51. The quantitative estimate of drug-likeness (QED) is 0.877. The summed E-state index contributed by atoms with van der Waals surface area (Å²) < 4.78 is 5.91. The van der Waals surface area contributed by atoms with Crippen LogP contribution in [0.15, 0.2) is 42.5 Å². The van der Waals surface area contributed by atoms with Crippen molar-refractivity contribution >= 4 is 11.6 Å². The molecule has 0 saturated carbocycles. The second-order valence-electron chi connectivity index (χ2n) is 4.79. The molecule has 0 heterocycles. The number of halogens is 1. The summed E-state index contributed by atoms with van der Waals surface area (Å²) in [7, 11) is 0. The number of nitrogens with two attached hydrogens (primary N) is 1. The third-order valence-electron chi connectivity index (χ3n) is 3.00. The maximum atomic E-state index is 5.95. The highest BCUT2D eigenvalue weighted by molar-refractivity contribution is 6.30. The monoisotopic (exact) mass is 275 g/mol. The lowest BCUT2D eigenvalue weighted by Gasteiger charge is -2.12. The van der Waals surface area contributed by atoms with Gasteiger partial charge in [-0.05, 0) is 41.8 Å².